The number of ether oxygens (including phenoxy) is 2. The molecular formula is C18H30N2O2. The molecule has 1 aliphatic heterocycles. The average Bonchev–Trinajstić information content (AvgIpc) is 2.58. The monoisotopic (exact) mass is 306 g/mol. The van der Waals surface area contributed by atoms with Crippen molar-refractivity contribution in [1.82, 2.24) is 9.80 Å². The molecule has 124 valence electrons. The smallest absolute Gasteiger partial charge is 0.160 e. The van der Waals surface area contributed by atoms with Crippen LogP contribution in [0.1, 0.15) is 25.3 Å². The Kier molecular flexibility index (Phi) is 7.00. The Morgan fingerprint density at radius 3 is 2.14 bits per heavy atom. The van der Waals surface area contributed by atoms with Crippen LogP contribution in [-0.2, 0) is 6.42 Å². The first-order valence-corrected chi connectivity index (χ1v) is 8.42. The second-order valence-electron chi connectivity index (χ2n) is 5.98. The Bertz CT molecular complexity index is 443. The lowest BCUT2D eigenvalue weighted by Gasteiger charge is -2.34. The Hall–Kier alpha value is -1.26. The van der Waals surface area contributed by atoms with Crippen molar-refractivity contribution in [2.75, 3.05) is 53.5 Å². The molecule has 2 rings (SSSR count). The van der Waals surface area contributed by atoms with E-state index in [1.165, 1.54) is 51.1 Å². The SMILES string of the molecule is CCCCN1CCN(CCc2ccc(OC)c(OC)c2)CC1. The number of nitrogens with zero attached hydrogens (tertiary/aromatic N) is 2. The molecule has 1 heterocycles. The highest BCUT2D eigenvalue weighted by Crippen LogP contribution is 2.27. The molecule has 1 aromatic rings. The maximum absolute atomic E-state index is 5.37. The summed E-state index contributed by atoms with van der Waals surface area (Å²) in [4.78, 5) is 5.16. The predicted molar refractivity (Wildman–Crippen MR) is 91.0 cm³/mol. The van der Waals surface area contributed by atoms with Crippen LogP contribution in [0.25, 0.3) is 0 Å². The van der Waals surface area contributed by atoms with Crippen LogP contribution in [-0.4, -0.2) is 63.3 Å². The van der Waals surface area contributed by atoms with Crippen LogP contribution in [0.15, 0.2) is 18.2 Å². The molecule has 1 aromatic carbocycles. The summed E-state index contributed by atoms with van der Waals surface area (Å²) in [7, 11) is 3.37. The number of benzene rings is 1. The largest absolute Gasteiger partial charge is 0.493 e. The molecule has 0 spiro atoms. The maximum atomic E-state index is 5.37. The highest BCUT2D eigenvalue weighted by Gasteiger charge is 2.16. The first-order valence-electron chi connectivity index (χ1n) is 8.42. The van der Waals surface area contributed by atoms with E-state index < -0.39 is 0 Å². The van der Waals surface area contributed by atoms with Crippen molar-refractivity contribution in [1.29, 1.82) is 0 Å². The zero-order valence-corrected chi connectivity index (χ0v) is 14.3. The molecule has 0 bridgehead atoms. The first-order chi connectivity index (χ1) is 10.8. The minimum absolute atomic E-state index is 0.802. The summed E-state index contributed by atoms with van der Waals surface area (Å²) in [6.07, 6.45) is 3.68. The van der Waals surface area contributed by atoms with Crippen LogP contribution < -0.4 is 9.47 Å². The summed E-state index contributed by atoms with van der Waals surface area (Å²) in [5.41, 5.74) is 1.31. The molecule has 0 amide bonds. The van der Waals surface area contributed by atoms with Gasteiger partial charge in [0.05, 0.1) is 14.2 Å². The van der Waals surface area contributed by atoms with Gasteiger partial charge in [0.1, 0.15) is 0 Å². The van der Waals surface area contributed by atoms with E-state index in [-0.39, 0.29) is 0 Å². The van der Waals surface area contributed by atoms with Crippen molar-refractivity contribution in [3.8, 4) is 11.5 Å². The van der Waals surface area contributed by atoms with Crippen LogP contribution >= 0.6 is 0 Å². The highest BCUT2D eigenvalue weighted by atomic mass is 16.5. The predicted octanol–water partition coefficient (Wildman–Crippen LogP) is 2.66. The fraction of sp³-hybridized carbons (Fsp3) is 0.667. The molecule has 0 saturated carbocycles. The van der Waals surface area contributed by atoms with Crippen molar-refractivity contribution in [2.45, 2.75) is 26.2 Å². The van der Waals surface area contributed by atoms with E-state index in [9.17, 15) is 0 Å². The van der Waals surface area contributed by atoms with Gasteiger partial charge in [-0.15, -0.1) is 0 Å². The van der Waals surface area contributed by atoms with Crippen molar-refractivity contribution in [3.63, 3.8) is 0 Å². The number of hydrogen-bond acceptors (Lipinski definition) is 4. The Morgan fingerprint density at radius 2 is 1.55 bits per heavy atom. The van der Waals surface area contributed by atoms with Crippen LogP contribution in [0, 0.1) is 0 Å². The van der Waals surface area contributed by atoms with Crippen LogP contribution in [0.5, 0.6) is 11.5 Å². The zero-order valence-electron chi connectivity index (χ0n) is 14.3. The molecule has 0 radical (unpaired) electrons. The molecule has 0 unspecified atom stereocenters. The fourth-order valence-corrected chi connectivity index (χ4v) is 2.94. The molecule has 0 aromatic heterocycles. The van der Waals surface area contributed by atoms with Crippen LogP contribution in [0.4, 0.5) is 0 Å². The van der Waals surface area contributed by atoms with Crippen molar-refractivity contribution in [2.24, 2.45) is 0 Å². The van der Waals surface area contributed by atoms with Gasteiger partial charge in [-0.1, -0.05) is 19.4 Å². The van der Waals surface area contributed by atoms with Gasteiger partial charge in [-0.3, -0.25) is 0 Å². The third-order valence-corrected chi connectivity index (χ3v) is 4.46. The van der Waals surface area contributed by atoms with E-state index in [1.807, 2.05) is 6.07 Å². The van der Waals surface area contributed by atoms with E-state index in [1.54, 1.807) is 14.2 Å². The molecule has 1 fully saturated rings. The molecule has 0 aliphatic carbocycles. The van der Waals surface area contributed by atoms with E-state index in [0.29, 0.717) is 0 Å². The van der Waals surface area contributed by atoms with Gasteiger partial charge in [0, 0.05) is 32.7 Å². The third kappa shape index (κ3) is 4.89. The second-order valence-corrected chi connectivity index (χ2v) is 5.98. The van der Waals surface area contributed by atoms with Gasteiger partial charge in [-0.05, 0) is 37.1 Å². The summed E-state index contributed by atoms with van der Waals surface area (Å²) >= 11 is 0. The Balaban J connectivity index is 1.77. The number of methoxy groups -OCH3 is 2. The third-order valence-electron chi connectivity index (χ3n) is 4.46. The molecule has 4 heteroatoms. The minimum atomic E-state index is 0.802. The highest BCUT2D eigenvalue weighted by molar-refractivity contribution is 5.42. The summed E-state index contributed by atoms with van der Waals surface area (Å²) in [6.45, 7) is 9.46. The van der Waals surface area contributed by atoms with Crippen molar-refractivity contribution >= 4 is 0 Å². The van der Waals surface area contributed by atoms with Gasteiger partial charge in [0.25, 0.3) is 0 Å². The molecular weight excluding hydrogens is 276 g/mol. The molecule has 1 aliphatic rings. The summed E-state index contributed by atoms with van der Waals surface area (Å²) in [6, 6.07) is 6.23. The first kappa shape index (κ1) is 17.1. The van der Waals surface area contributed by atoms with E-state index >= 15 is 0 Å². The molecule has 22 heavy (non-hydrogen) atoms. The maximum Gasteiger partial charge on any atom is 0.160 e. The Labute approximate surface area is 135 Å². The number of piperazine rings is 1. The number of unbranched alkanes of at least 4 members (excludes halogenated alkanes) is 1. The van der Waals surface area contributed by atoms with Crippen LogP contribution in [0.3, 0.4) is 0 Å². The lowest BCUT2D eigenvalue weighted by atomic mass is 10.1. The second kappa shape index (κ2) is 9.01. The summed E-state index contributed by atoms with van der Waals surface area (Å²) < 4.78 is 10.7. The lowest BCUT2D eigenvalue weighted by molar-refractivity contribution is 0.132. The summed E-state index contributed by atoms with van der Waals surface area (Å²) in [5.74, 6) is 1.63. The van der Waals surface area contributed by atoms with Crippen molar-refractivity contribution in [3.05, 3.63) is 23.8 Å². The van der Waals surface area contributed by atoms with Gasteiger partial charge in [-0.25, -0.2) is 0 Å². The fourth-order valence-electron chi connectivity index (χ4n) is 2.94. The standard InChI is InChI=1S/C18H30N2O2/c1-4-5-9-19-11-13-20(14-12-19)10-8-16-6-7-17(21-2)18(15-16)22-3/h6-7,15H,4-5,8-14H2,1-3H3. The molecule has 0 N–H and O–H groups in total. The number of rotatable bonds is 8. The van der Waals surface area contributed by atoms with Gasteiger partial charge in [0.15, 0.2) is 11.5 Å². The van der Waals surface area contributed by atoms with Gasteiger partial charge >= 0.3 is 0 Å². The normalized spacial score (nSPS) is 16.7. The van der Waals surface area contributed by atoms with E-state index in [0.717, 1.165) is 24.5 Å². The Morgan fingerprint density at radius 1 is 0.909 bits per heavy atom. The van der Waals surface area contributed by atoms with Crippen molar-refractivity contribution < 1.29 is 9.47 Å². The lowest BCUT2D eigenvalue weighted by Crippen LogP contribution is -2.47. The minimum Gasteiger partial charge on any atom is -0.493 e. The van der Waals surface area contributed by atoms with Gasteiger partial charge < -0.3 is 19.3 Å². The molecule has 0 atom stereocenters. The number of hydrogen-bond donors (Lipinski definition) is 0. The van der Waals surface area contributed by atoms with Gasteiger partial charge in [-0.2, -0.15) is 0 Å². The van der Waals surface area contributed by atoms with Gasteiger partial charge in [0.2, 0.25) is 0 Å². The zero-order chi connectivity index (χ0) is 15.8. The topological polar surface area (TPSA) is 24.9 Å². The quantitative estimate of drug-likeness (QED) is 0.737. The average molecular weight is 306 g/mol. The molecule has 4 nitrogen and oxygen atoms in total. The summed E-state index contributed by atoms with van der Waals surface area (Å²) in [5, 5.41) is 0. The molecule has 1 saturated heterocycles. The van der Waals surface area contributed by atoms with Crippen LogP contribution in [0.2, 0.25) is 0 Å². The van der Waals surface area contributed by atoms with E-state index in [2.05, 4.69) is 28.9 Å². The van der Waals surface area contributed by atoms with E-state index in [4.69, 9.17) is 9.47 Å².